The van der Waals surface area contributed by atoms with Gasteiger partial charge in [-0.15, -0.1) is 0 Å². The van der Waals surface area contributed by atoms with E-state index in [9.17, 15) is 9.59 Å². The number of hydrogen-bond acceptors (Lipinski definition) is 6. The van der Waals surface area contributed by atoms with Crippen LogP contribution < -0.4 is 10.2 Å². The topological polar surface area (TPSA) is 78.4 Å². The number of pyridine rings is 2. The van der Waals surface area contributed by atoms with Crippen molar-refractivity contribution in [3.8, 4) is 0 Å². The summed E-state index contributed by atoms with van der Waals surface area (Å²) >= 11 is 0. The van der Waals surface area contributed by atoms with Crippen LogP contribution in [0.2, 0.25) is 0 Å². The van der Waals surface area contributed by atoms with E-state index in [-0.39, 0.29) is 11.7 Å². The molecule has 1 saturated heterocycles. The van der Waals surface area contributed by atoms with Gasteiger partial charge in [-0.2, -0.15) is 0 Å². The third-order valence-electron chi connectivity index (χ3n) is 5.20. The molecule has 3 heterocycles. The average Bonchev–Trinajstić information content (AvgIpc) is 2.73. The van der Waals surface area contributed by atoms with Gasteiger partial charge in [-0.3, -0.25) is 9.59 Å². The number of carbonyl (C=O) groups excluding carboxylic acids is 2. The van der Waals surface area contributed by atoms with E-state index in [4.69, 9.17) is 0 Å². The van der Waals surface area contributed by atoms with Gasteiger partial charge >= 0.3 is 0 Å². The number of ketones is 1. The lowest BCUT2D eigenvalue weighted by atomic mass is 10.1. The lowest BCUT2D eigenvalue weighted by Crippen LogP contribution is -2.44. The SMILES string of the molecule is CC(=O)c1ccc2cnc(NC(=O)c3ccnc(N4CCN(C)CC4)c3)cc2c1. The second kappa shape index (κ2) is 7.97. The van der Waals surface area contributed by atoms with Gasteiger partial charge in [-0.1, -0.05) is 12.1 Å². The minimum absolute atomic E-state index is 0.00233. The minimum atomic E-state index is -0.239. The molecule has 1 fully saturated rings. The summed E-state index contributed by atoms with van der Waals surface area (Å²) in [5, 5.41) is 4.62. The fourth-order valence-corrected chi connectivity index (χ4v) is 3.38. The van der Waals surface area contributed by atoms with Crippen molar-refractivity contribution in [2.75, 3.05) is 43.4 Å². The summed E-state index contributed by atoms with van der Waals surface area (Å²) in [7, 11) is 2.10. The first-order valence-corrected chi connectivity index (χ1v) is 9.61. The second-order valence-electron chi connectivity index (χ2n) is 7.33. The van der Waals surface area contributed by atoms with E-state index in [0.717, 1.165) is 42.8 Å². The first-order chi connectivity index (χ1) is 14.0. The molecule has 2 aromatic heterocycles. The van der Waals surface area contributed by atoms with Gasteiger partial charge in [0.15, 0.2) is 5.78 Å². The summed E-state index contributed by atoms with van der Waals surface area (Å²) in [6, 6.07) is 10.7. The number of Topliss-reactive ketones (excluding diaryl/α,β-unsaturated/α-hetero) is 1. The molecule has 0 bridgehead atoms. The Labute approximate surface area is 169 Å². The molecule has 0 radical (unpaired) electrons. The third kappa shape index (κ3) is 4.25. The van der Waals surface area contributed by atoms with Gasteiger partial charge in [0.05, 0.1) is 0 Å². The van der Waals surface area contributed by atoms with Crippen LogP contribution in [-0.4, -0.2) is 59.8 Å². The van der Waals surface area contributed by atoms with Crippen LogP contribution in [0.4, 0.5) is 11.6 Å². The highest BCUT2D eigenvalue weighted by Crippen LogP contribution is 2.20. The van der Waals surface area contributed by atoms with Crippen molar-refractivity contribution in [2.24, 2.45) is 0 Å². The molecule has 7 nitrogen and oxygen atoms in total. The normalized spacial score (nSPS) is 14.8. The quantitative estimate of drug-likeness (QED) is 0.692. The number of rotatable bonds is 4. The molecule has 1 N–H and O–H groups in total. The number of amides is 1. The molecule has 1 aromatic carbocycles. The molecule has 1 aliphatic rings. The van der Waals surface area contributed by atoms with Crippen molar-refractivity contribution in [3.05, 3.63) is 59.9 Å². The zero-order chi connectivity index (χ0) is 20.4. The molecule has 148 valence electrons. The van der Waals surface area contributed by atoms with E-state index in [0.29, 0.717) is 16.9 Å². The van der Waals surface area contributed by atoms with E-state index in [1.54, 1.807) is 30.6 Å². The number of likely N-dealkylation sites (N-methyl/N-ethyl adjacent to an activating group) is 1. The molecule has 7 heteroatoms. The molecule has 0 aliphatic carbocycles. The lowest BCUT2D eigenvalue weighted by Gasteiger charge is -2.33. The van der Waals surface area contributed by atoms with E-state index in [2.05, 4.69) is 32.1 Å². The van der Waals surface area contributed by atoms with Gasteiger partial charge in [0, 0.05) is 55.1 Å². The maximum absolute atomic E-state index is 12.8. The summed E-state index contributed by atoms with van der Waals surface area (Å²) in [4.78, 5) is 37.6. The molecular formula is C22H23N5O2. The van der Waals surface area contributed by atoms with Crippen LogP contribution in [0.5, 0.6) is 0 Å². The third-order valence-corrected chi connectivity index (χ3v) is 5.20. The fourth-order valence-electron chi connectivity index (χ4n) is 3.38. The number of nitrogens with zero attached hydrogens (tertiary/aromatic N) is 4. The van der Waals surface area contributed by atoms with Crippen molar-refractivity contribution in [1.29, 1.82) is 0 Å². The summed E-state index contributed by atoms with van der Waals surface area (Å²) in [6.07, 6.45) is 3.35. The lowest BCUT2D eigenvalue weighted by molar-refractivity contribution is 0.101. The molecule has 0 spiro atoms. The predicted molar refractivity (Wildman–Crippen MR) is 114 cm³/mol. The molecule has 0 atom stereocenters. The highest BCUT2D eigenvalue weighted by atomic mass is 16.1. The van der Waals surface area contributed by atoms with Gasteiger partial charge in [0.2, 0.25) is 0 Å². The van der Waals surface area contributed by atoms with Crippen LogP contribution in [0.25, 0.3) is 10.8 Å². The maximum Gasteiger partial charge on any atom is 0.257 e. The fraction of sp³-hybridized carbons (Fsp3) is 0.273. The van der Waals surface area contributed by atoms with Crippen molar-refractivity contribution < 1.29 is 9.59 Å². The number of piperazine rings is 1. The van der Waals surface area contributed by atoms with Gasteiger partial charge < -0.3 is 15.1 Å². The van der Waals surface area contributed by atoms with Crippen molar-refractivity contribution >= 4 is 34.1 Å². The molecule has 0 unspecified atom stereocenters. The van der Waals surface area contributed by atoms with E-state index >= 15 is 0 Å². The Kier molecular flexibility index (Phi) is 5.22. The maximum atomic E-state index is 12.8. The number of benzene rings is 1. The Bertz CT molecular complexity index is 1070. The monoisotopic (exact) mass is 389 g/mol. The molecular weight excluding hydrogens is 366 g/mol. The number of carbonyl (C=O) groups is 2. The number of anilines is 2. The smallest absolute Gasteiger partial charge is 0.257 e. The minimum Gasteiger partial charge on any atom is -0.354 e. The standard InChI is InChI=1S/C22H23N5O2/c1-15(28)16-3-4-18-14-24-20(12-19(18)11-16)25-22(29)17-5-6-23-21(13-17)27-9-7-26(2)8-10-27/h3-6,11-14H,7-10H2,1-2H3,(H,24,25,29). The number of fused-ring (bicyclic) bond motifs is 1. The first-order valence-electron chi connectivity index (χ1n) is 9.61. The largest absolute Gasteiger partial charge is 0.354 e. The Morgan fingerprint density at radius 2 is 1.72 bits per heavy atom. The zero-order valence-corrected chi connectivity index (χ0v) is 16.6. The Hall–Kier alpha value is -3.32. The van der Waals surface area contributed by atoms with Crippen LogP contribution >= 0.6 is 0 Å². The molecule has 0 saturated carbocycles. The Morgan fingerprint density at radius 1 is 0.931 bits per heavy atom. The zero-order valence-electron chi connectivity index (χ0n) is 16.6. The highest BCUT2D eigenvalue weighted by Gasteiger charge is 2.17. The van der Waals surface area contributed by atoms with Crippen LogP contribution in [-0.2, 0) is 0 Å². The Balaban J connectivity index is 1.53. The molecule has 1 aliphatic heterocycles. The van der Waals surface area contributed by atoms with Crippen LogP contribution in [0, 0.1) is 0 Å². The molecule has 4 rings (SSSR count). The molecule has 29 heavy (non-hydrogen) atoms. The van der Waals surface area contributed by atoms with Crippen LogP contribution in [0.3, 0.4) is 0 Å². The van der Waals surface area contributed by atoms with Crippen molar-refractivity contribution in [2.45, 2.75) is 6.92 Å². The number of nitrogens with one attached hydrogen (secondary N) is 1. The van der Waals surface area contributed by atoms with Crippen LogP contribution in [0.15, 0.2) is 48.8 Å². The van der Waals surface area contributed by atoms with Crippen LogP contribution in [0.1, 0.15) is 27.6 Å². The van der Waals surface area contributed by atoms with Crippen molar-refractivity contribution in [1.82, 2.24) is 14.9 Å². The molecule has 3 aromatic rings. The van der Waals surface area contributed by atoms with Gasteiger partial charge in [-0.25, -0.2) is 9.97 Å². The first kappa shape index (κ1) is 19.0. The van der Waals surface area contributed by atoms with Gasteiger partial charge in [0.25, 0.3) is 5.91 Å². The van der Waals surface area contributed by atoms with E-state index < -0.39 is 0 Å². The number of aromatic nitrogens is 2. The average molecular weight is 389 g/mol. The highest BCUT2D eigenvalue weighted by molar-refractivity contribution is 6.05. The summed E-state index contributed by atoms with van der Waals surface area (Å²) in [6.45, 7) is 5.26. The predicted octanol–water partition coefficient (Wildman–Crippen LogP) is 2.84. The summed E-state index contributed by atoms with van der Waals surface area (Å²) in [5.41, 5.74) is 1.17. The van der Waals surface area contributed by atoms with E-state index in [1.807, 2.05) is 18.2 Å². The second-order valence-corrected chi connectivity index (χ2v) is 7.33. The van der Waals surface area contributed by atoms with Crippen molar-refractivity contribution in [3.63, 3.8) is 0 Å². The van der Waals surface area contributed by atoms with Gasteiger partial charge in [-0.05, 0) is 43.6 Å². The molecule has 1 amide bonds. The van der Waals surface area contributed by atoms with Gasteiger partial charge in [0.1, 0.15) is 11.6 Å². The Morgan fingerprint density at radius 3 is 2.48 bits per heavy atom. The summed E-state index contributed by atoms with van der Waals surface area (Å²) in [5.74, 6) is 1.02. The van der Waals surface area contributed by atoms with E-state index in [1.165, 1.54) is 6.92 Å². The summed E-state index contributed by atoms with van der Waals surface area (Å²) < 4.78 is 0. The number of hydrogen-bond donors (Lipinski definition) is 1.